The first-order valence-corrected chi connectivity index (χ1v) is 11.5. The third-order valence-electron chi connectivity index (χ3n) is 4.24. The lowest BCUT2D eigenvalue weighted by molar-refractivity contribution is -0.567. The van der Waals surface area contributed by atoms with Crippen LogP contribution in [0.3, 0.4) is 0 Å². The van der Waals surface area contributed by atoms with Gasteiger partial charge in [-0.2, -0.15) is 0 Å². The molecule has 0 heterocycles. The van der Waals surface area contributed by atoms with Gasteiger partial charge in [0.25, 0.3) is 0 Å². The zero-order valence-electron chi connectivity index (χ0n) is 16.3. The molecule has 0 spiro atoms. The Kier molecular flexibility index (Phi) is 8.37. The van der Waals surface area contributed by atoms with E-state index >= 15 is 0 Å². The van der Waals surface area contributed by atoms with Crippen LogP contribution < -0.4 is 0 Å². The van der Waals surface area contributed by atoms with Gasteiger partial charge in [0.1, 0.15) is 0 Å². The molecule has 0 aliphatic carbocycles. The maximum atomic E-state index is 11.4. The van der Waals surface area contributed by atoms with E-state index in [-0.39, 0.29) is 6.42 Å². The largest absolute Gasteiger partial charge is 0.510 e. The van der Waals surface area contributed by atoms with E-state index in [4.69, 9.17) is 13.3 Å². The minimum Gasteiger partial charge on any atom is -0.373 e. The fourth-order valence-electron chi connectivity index (χ4n) is 2.93. The Morgan fingerprint density at radius 2 is 1.63 bits per heavy atom. The Morgan fingerprint density at radius 3 is 2.22 bits per heavy atom. The summed E-state index contributed by atoms with van der Waals surface area (Å²) in [5, 5.41) is 13.6. The van der Waals surface area contributed by atoms with Crippen molar-refractivity contribution >= 4 is 19.6 Å². The molecule has 6 nitrogen and oxygen atoms in total. The minimum absolute atomic E-state index is 0.266. The molecule has 0 saturated carbocycles. The van der Waals surface area contributed by atoms with E-state index in [1.54, 1.807) is 6.92 Å². The maximum absolute atomic E-state index is 11.4. The molecule has 2 aromatic carbocycles. The van der Waals surface area contributed by atoms with E-state index < -0.39 is 20.0 Å². The summed E-state index contributed by atoms with van der Waals surface area (Å²) in [4.78, 5) is 11.0. The zero-order chi connectivity index (χ0) is 19.7. The van der Waals surface area contributed by atoms with Gasteiger partial charge in [0, 0.05) is 25.7 Å². The van der Waals surface area contributed by atoms with Crippen molar-refractivity contribution in [1.82, 2.24) is 0 Å². The van der Waals surface area contributed by atoms with Gasteiger partial charge in [0.05, 0.1) is 4.92 Å². The average Bonchev–Trinajstić information content (AvgIpc) is 2.69. The molecule has 0 saturated heterocycles. The Balaban J connectivity index is 2.42. The summed E-state index contributed by atoms with van der Waals surface area (Å²) in [6.07, 6.45) is 0.722. The highest BCUT2D eigenvalue weighted by Crippen LogP contribution is 2.26. The fourth-order valence-corrected chi connectivity index (χ4v) is 5.91. The standard InChI is InChI=1S/C20H29NO5Si/c1-4-14-24-27(25-15-5-2,26-20(6-3)21(22)23)16-18-12-9-11-17-10-7-8-13-19(17)18/h7-13,20H,4-6,14-16H2,1-3H3. The van der Waals surface area contributed by atoms with Crippen molar-refractivity contribution in [2.75, 3.05) is 13.2 Å². The number of fused-ring (bicyclic) bond motifs is 1. The fraction of sp³-hybridized carbons (Fsp3) is 0.500. The van der Waals surface area contributed by atoms with Crippen molar-refractivity contribution in [2.45, 2.75) is 52.3 Å². The first-order valence-electron chi connectivity index (χ1n) is 9.61. The third kappa shape index (κ3) is 5.84. The summed E-state index contributed by atoms with van der Waals surface area (Å²) in [5.41, 5.74) is 1.03. The lowest BCUT2D eigenvalue weighted by atomic mass is 10.1. The van der Waals surface area contributed by atoms with Gasteiger partial charge in [-0.25, -0.2) is 0 Å². The molecular formula is C20H29NO5Si. The quantitative estimate of drug-likeness (QED) is 0.226. The highest BCUT2D eigenvalue weighted by molar-refractivity contribution is 6.60. The molecule has 0 radical (unpaired) electrons. The van der Waals surface area contributed by atoms with Crippen LogP contribution in [-0.4, -0.2) is 33.2 Å². The van der Waals surface area contributed by atoms with Crippen LogP contribution in [0.2, 0.25) is 0 Å². The number of benzene rings is 2. The van der Waals surface area contributed by atoms with Gasteiger partial charge in [-0.3, -0.25) is 10.1 Å². The highest BCUT2D eigenvalue weighted by Gasteiger charge is 2.46. The van der Waals surface area contributed by atoms with Gasteiger partial charge >= 0.3 is 15.0 Å². The molecule has 1 unspecified atom stereocenters. The molecule has 0 amide bonds. The Labute approximate surface area is 162 Å². The maximum Gasteiger partial charge on any atom is 0.510 e. The van der Waals surface area contributed by atoms with Crippen LogP contribution in [0.15, 0.2) is 42.5 Å². The van der Waals surface area contributed by atoms with Crippen LogP contribution in [0, 0.1) is 10.1 Å². The Bertz CT molecular complexity index is 726. The molecule has 0 bridgehead atoms. The van der Waals surface area contributed by atoms with Gasteiger partial charge in [0.2, 0.25) is 0 Å². The molecule has 2 aromatic rings. The molecule has 7 heteroatoms. The van der Waals surface area contributed by atoms with E-state index in [1.807, 2.05) is 44.2 Å². The van der Waals surface area contributed by atoms with Crippen molar-refractivity contribution in [2.24, 2.45) is 0 Å². The van der Waals surface area contributed by atoms with Crippen molar-refractivity contribution in [1.29, 1.82) is 0 Å². The molecule has 2 rings (SSSR count). The zero-order valence-corrected chi connectivity index (χ0v) is 17.3. The second-order valence-electron chi connectivity index (χ2n) is 6.46. The number of rotatable bonds is 12. The summed E-state index contributed by atoms with van der Waals surface area (Å²) in [5.74, 6) is 0. The lowest BCUT2D eigenvalue weighted by Gasteiger charge is -2.30. The average molecular weight is 392 g/mol. The smallest absolute Gasteiger partial charge is 0.373 e. The normalized spacial score (nSPS) is 13.0. The first kappa shape index (κ1) is 21.5. The van der Waals surface area contributed by atoms with Crippen molar-refractivity contribution in [3.05, 3.63) is 58.1 Å². The summed E-state index contributed by atoms with van der Waals surface area (Å²) in [6.45, 7) is 6.65. The van der Waals surface area contributed by atoms with E-state index in [9.17, 15) is 10.1 Å². The lowest BCUT2D eigenvalue weighted by Crippen LogP contribution is -2.52. The predicted molar refractivity (Wildman–Crippen MR) is 108 cm³/mol. The van der Waals surface area contributed by atoms with Crippen LogP contribution in [0.25, 0.3) is 10.8 Å². The monoisotopic (exact) mass is 391 g/mol. The second kappa shape index (κ2) is 10.5. The van der Waals surface area contributed by atoms with Crippen LogP contribution in [-0.2, 0) is 19.3 Å². The van der Waals surface area contributed by atoms with Crippen LogP contribution in [0.1, 0.15) is 45.6 Å². The molecule has 0 aliphatic heterocycles. The topological polar surface area (TPSA) is 70.8 Å². The number of hydrogen-bond acceptors (Lipinski definition) is 5. The van der Waals surface area contributed by atoms with Crippen molar-refractivity contribution < 1.29 is 18.2 Å². The van der Waals surface area contributed by atoms with Crippen LogP contribution in [0.4, 0.5) is 0 Å². The molecule has 0 fully saturated rings. The second-order valence-corrected chi connectivity index (χ2v) is 8.99. The van der Waals surface area contributed by atoms with Crippen molar-refractivity contribution in [3.63, 3.8) is 0 Å². The molecule has 1 atom stereocenters. The summed E-state index contributed by atoms with van der Waals surface area (Å²) >= 11 is 0. The van der Waals surface area contributed by atoms with Crippen molar-refractivity contribution in [3.8, 4) is 0 Å². The van der Waals surface area contributed by atoms with E-state index in [2.05, 4.69) is 12.1 Å². The summed E-state index contributed by atoms with van der Waals surface area (Å²) < 4.78 is 18.2. The Hall–Kier alpha value is -1.80. The Morgan fingerprint density at radius 1 is 1.00 bits per heavy atom. The van der Waals surface area contributed by atoms with E-state index in [0.29, 0.717) is 19.3 Å². The molecular weight excluding hydrogens is 362 g/mol. The number of nitrogens with zero attached hydrogens (tertiary/aromatic N) is 1. The number of nitro groups is 1. The molecule has 0 N–H and O–H groups in total. The van der Waals surface area contributed by atoms with Gasteiger partial charge in [-0.05, 0) is 29.2 Å². The number of hydrogen-bond donors (Lipinski definition) is 0. The summed E-state index contributed by atoms with van der Waals surface area (Å²) in [6, 6.07) is 14.6. The molecule has 0 aromatic heterocycles. The summed E-state index contributed by atoms with van der Waals surface area (Å²) in [7, 11) is -3.28. The highest BCUT2D eigenvalue weighted by atomic mass is 28.4. The van der Waals surface area contributed by atoms with E-state index in [1.165, 1.54) is 0 Å². The first-order chi connectivity index (χ1) is 13.0. The van der Waals surface area contributed by atoms with Crippen LogP contribution in [0.5, 0.6) is 0 Å². The van der Waals surface area contributed by atoms with Gasteiger partial charge in [-0.1, -0.05) is 63.2 Å². The van der Waals surface area contributed by atoms with Gasteiger partial charge < -0.3 is 13.3 Å². The van der Waals surface area contributed by atoms with E-state index in [0.717, 1.165) is 29.2 Å². The molecule has 27 heavy (non-hydrogen) atoms. The minimum atomic E-state index is -3.28. The third-order valence-corrected chi connectivity index (χ3v) is 6.97. The predicted octanol–water partition coefficient (Wildman–Crippen LogP) is 4.74. The van der Waals surface area contributed by atoms with Crippen LogP contribution >= 0.6 is 0 Å². The van der Waals surface area contributed by atoms with Gasteiger partial charge in [0.15, 0.2) is 0 Å². The SMILES string of the molecule is CCCO[Si](Cc1cccc2ccccc12)(OCCC)OC(CC)[N+](=O)[O-]. The van der Waals surface area contributed by atoms with Gasteiger partial charge in [-0.15, -0.1) is 0 Å². The molecule has 0 aliphatic rings. The molecule has 148 valence electrons.